The lowest BCUT2D eigenvalue weighted by atomic mass is 9.98. The van der Waals surface area contributed by atoms with E-state index in [4.69, 9.17) is 16.3 Å². The third-order valence-corrected chi connectivity index (χ3v) is 3.60. The third-order valence-electron chi connectivity index (χ3n) is 3.04. The first-order chi connectivity index (χ1) is 7.19. The molecule has 0 aromatic heterocycles. The quantitative estimate of drug-likeness (QED) is 0.718. The van der Waals surface area contributed by atoms with E-state index < -0.39 is 0 Å². The number of benzene rings is 1. The van der Waals surface area contributed by atoms with Crippen LogP contribution in [0.15, 0.2) is 18.2 Å². The van der Waals surface area contributed by atoms with Crippen LogP contribution in [0, 0.1) is 11.2 Å². The molecule has 82 valence electrons. The number of ether oxygens (including phenoxy) is 1. The van der Waals surface area contributed by atoms with Gasteiger partial charge in [0.15, 0.2) is 11.6 Å². The Morgan fingerprint density at radius 3 is 2.67 bits per heavy atom. The topological polar surface area (TPSA) is 9.23 Å². The Bertz CT molecular complexity index is 361. The van der Waals surface area contributed by atoms with Crippen molar-refractivity contribution in [2.45, 2.75) is 19.3 Å². The number of rotatable bonds is 4. The van der Waals surface area contributed by atoms with Crippen molar-refractivity contribution in [1.82, 2.24) is 0 Å². The number of halogens is 2. The predicted octanol–water partition coefficient (Wildman–Crippen LogP) is 3.40. The molecule has 1 nitrogen and oxygen atoms in total. The summed E-state index contributed by atoms with van der Waals surface area (Å²) in [5.74, 6) is 0.676. The summed E-state index contributed by atoms with van der Waals surface area (Å²) in [6.45, 7) is 0. The smallest absolute Gasteiger partial charge is 0.165 e. The maximum absolute atomic E-state index is 13.4. The standard InChI is InChI=1S/C12H14ClFO/c1-15-11-3-2-9(6-10(11)14)7-12(8-13)4-5-12/h2-3,6H,4-5,7-8H2,1H3. The van der Waals surface area contributed by atoms with Gasteiger partial charge in [0.1, 0.15) is 0 Å². The van der Waals surface area contributed by atoms with Crippen LogP contribution in [-0.4, -0.2) is 13.0 Å². The molecule has 15 heavy (non-hydrogen) atoms. The van der Waals surface area contributed by atoms with Gasteiger partial charge in [-0.1, -0.05) is 6.07 Å². The SMILES string of the molecule is COc1ccc(CC2(CCl)CC2)cc1F. The molecule has 1 saturated carbocycles. The van der Waals surface area contributed by atoms with Gasteiger partial charge in [-0.25, -0.2) is 4.39 Å². The van der Waals surface area contributed by atoms with E-state index in [0.29, 0.717) is 11.6 Å². The van der Waals surface area contributed by atoms with Crippen LogP contribution in [0.25, 0.3) is 0 Å². The van der Waals surface area contributed by atoms with Gasteiger partial charge in [0, 0.05) is 5.88 Å². The van der Waals surface area contributed by atoms with Crippen LogP contribution >= 0.6 is 11.6 Å². The summed E-state index contributed by atoms with van der Waals surface area (Å²) < 4.78 is 18.3. The number of hydrogen-bond donors (Lipinski definition) is 0. The Balaban J connectivity index is 2.13. The van der Waals surface area contributed by atoms with Gasteiger partial charge in [0.25, 0.3) is 0 Å². The van der Waals surface area contributed by atoms with Crippen LogP contribution in [0.3, 0.4) is 0 Å². The number of methoxy groups -OCH3 is 1. The molecule has 0 amide bonds. The zero-order chi connectivity index (χ0) is 10.9. The molecule has 0 atom stereocenters. The highest BCUT2D eigenvalue weighted by molar-refractivity contribution is 6.18. The molecule has 1 aromatic carbocycles. The Labute approximate surface area is 94.2 Å². The predicted molar refractivity (Wildman–Crippen MR) is 59.0 cm³/mol. The molecule has 2 rings (SSSR count). The molecule has 0 bridgehead atoms. The maximum Gasteiger partial charge on any atom is 0.165 e. The molecule has 0 heterocycles. The fraction of sp³-hybridized carbons (Fsp3) is 0.500. The fourth-order valence-electron chi connectivity index (χ4n) is 1.79. The van der Waals surface area contributed by atoms with Gasteiger partial charge in [-0.2, -0.15) is 0 Å². The van der Waals surface area contributed by atoms with E-state index in [2.05, 4.69) is 0 Å². The zero-order valence-electron chi connectivity index (χ0n) is 8.72. The molecule has 1 fully saturated rings. The minimum absolute atomic E-state index is 0.239. The Hall–Kier alpha value is -0.760. The van der Waals surface area contributed by atoms with E-state index in [9.17, 15) is 4.39 Å². The third kappa shape index (κ3) is 2.25. The first kappa shape index (κ1) is 10.7. The Kier molecular flexibility index (Phi) is 2.87. The minimum Gasteiger partial charge on any atom is -0.494 e. The second-order valence-electron chi connectivity index (χ2n) is 4.28. The monoisotopic (exact) mass is 228 g/mol. The van der Waals surface area contributed by atoms with Gasteiger partial charge in [-0.15, -0.1) is 11.6 Å². The molecule has 1 aromatic rings. The van der Waals surface area contributed by atoms with Gasteiger partial charge in [0.2, 0.25) is 0 Å². The molecule has 0 aliphatic heterocycles. The Morgan fingerprint density at radius 2 is 2.20 bits per heavy atom. The minimum atomic E-state index is -0.291. The molecule has 0 spiro atoms. The maximum atomic E-state index is 13.4. The van der Waals surface area contributed by atoms with Crippen molar-refractivity contribution in [3.63, 3.8) is 0 Å². The zero-order valence-corrected chi connectivity index (χ0v) is 9.48. The van der Waals surface area contributed by atoms with Crippen LogP contribution in [-0.2, 0) is 6.42 Å². The van der Waals surface area contributed by atoms with E-state index in [0.717, 1.165) is 24.8 Å². The lowest BCUT2D eigenvalue weighted by Gasteiger charge is -2.11. The van der Waals surface area contributed by atoms with Gasteiger partial charge >= 0.3 is 0 Å². The molecule has 3 heteroatoms. The molecule has 1 aliphatic carbocycles. The van der Waals surface area contributed by atoms with Crippen molar-refractivity contribution in [3.05, 3.63) is 29.6 Å². The highest BCUT2D eigenvalue weighted by atomic mass is 35.5. The largest absolute Gasteiger partial charge is 0.494 e. The average molecular weight is 229 g/mol. The van der Waals surface area contributed by atoms with Crippen molar-refractivity contribution < 1.29 is 9.13 Å². The average Bonchev–Trinajstić information content (AvgIpc) is 2.99. The van der Waals surface area contributed by atoms with Crippen LogP contribution < -0.4 is 4.74 Å². The summed E-state index contributed by atoms with van der Waals surface area (Å²) in [4.78, 5) is 0. The molecular weight excluding hydrogens is 215 g/mol. The van der Waals surface area contributed by atoms with Crippen molar-refractivity contribution in [2.24, 2.45) is 5.41 Å². The molecule has 0 saturated heterocycles. The van der Waals surface area contributed by atoms with Crippen molar-refractivity contribution >= 4 is 11.6 Å². The molecule has 1 aliphatic rings. The normalized spacial score (nSPS) is 17.5. The van der Waals surface area contributed by atoms with Crippen LogP contribution in [0.2, 0.25) is 0 Å². The summed E-state index contributed by atoms with van der Waals surface area (Å²) in [7, 11) is 1.47. The van der Waals surface area contributed by atoms with E-state index in [1.165, 1.54) is 7.11 Å². The van der Waals surface area contributed by atoms with Crippen LogP contribution in [0.5, 0.6) is 5.75 Å². The fourth-order valence-corrected chi connectivity index (χ4v) is 2.15. The summed E-state index contributed by atoms with van der Waals surface area (Å²) in [5.41, 5.74) is 1.24. The lowest BCUT2D eigenvalue weighted by molar-refractivity contribution is 0.386. The van der Waals surface area contributed by atoms with Crippen molar-refractivity contribution in [3.8, 4) is 5.75 Å². The molecular formula is C12H14ClFO. The Morgan fingerprint density at radius 1 is 1.47 bits per heavy atom. The van der Waals surface area contributed by atoms with Crippen LogP contribution in [0.4, 0.5) is 4.39 Å². The van der Waals surface area contributed by atoms with Crippen LogP contribution in [0.1, 0.15) is 18.4 Å². The summed E-state index contributed by atoms with van der Waals surface area (Å²) in [5, 5.41) is 0. The molecule has 0 N–H and O–H groups in total. The van der Waals surface area contributed by atoms with Gasteiger partial charge in [0.05, 0.1) is 7.11 Å². The first-order valence-corrected chi connectivity index (χ1v) is 5.61. The first-order valence-electron chi connectivity index (χ1n) is 5.07. The molecule has 0 radical (unpaired) electrons. The highest BCUT2D eigenvalue weighted by Gasteiger charge is 2.41. The van der Waals surface area contributed by atoms with E-state index >= 15 is 0 Å². The van der Waals surface area contributed by atoms with Crippen molar-refractivity contribution in [1.29, 1.82) is 0 Å². The van der Waals surface area contributed by atoms with Gasteiger partial charge < -0.3 is 4.74 Å². The molecule has 0 unspecified atom stereocenters. The number of hydrogen-bond acceptors (Lipinski definition) is 1. The highest BCUT2D eigenvalue weighted by Crippen LogP contribution is 2.49. The second kappa shape index (κ2) is 4.01. The second-order valence-corrected chi connectivity index (χ2v) is 4.55. The number of alkyl halides is 1. The summed E-state index contributed by atoms with van der Waals surface area (Å²) in [6.07, 6.45) is 3.19. The van der Waals surface area contributed by atoms with E-state index in [1.807, 2.05) is 6.07 Å². The van der Waals surface area contributed by atoms with E-state index in [-0.39, 0.29) is 11.2 Å². The van der Waals surface area contributed by atoms with Crippen molar-refractivity contribution in [2.75, 3.05) is 13.0 Å². The lowest BCUT2D eigenvalue weighted by Crippen LogP contribution is -2.06. The van der Waals surface area contributed by atoms with Gasteiger partial charge in [-0.3, -0.25) is 0 Å². The van der Waals surface area contributed by atoms with Gasteiger partial charge in [-0.05, 0) is 42.4 Å². The summed E-state index contributed by atoms with van der Waals surface area (Å²) in [6, 6.07) is 5.13. The van der Waals surface area contributed by atoms with E-state index in [1.54, 1.807) is 12.1 Å². The summed E-state index contributed by atoms with van der Waals surface area (Å²) >= 11 is 5.89.